The van der Waals surface area contributed by atoms with Gasteiger partial charge in [-0.2, -0.15) is 0 Å². The predicted molar refractivity (Wildman–Crippen MR) is 83.4 cm³/mol. The highest BCUT2D eigenvalue weighted by molar-refractivity contribution is 6.43. The summed E-state index contributed by atoms with van der Waals surface area (Å²) >= 11 is 0. The molecule has 0 aliphatic carbocycles. The van der Waals surface area contributed by atoms with Crippen molar-refractivity contribution in [2.45, 2.75) is 6.92 Å². The topological polar surface area (TPSA) is 101 Å². The summed E-state index contributed by atoms with van der Waals surface area (Å²) in [6.45, 7) is 1.92. The van der Waals surface area contributed by atoms with Gasteiger partial charge in [-0.25, -0.2) is 0 Å². The Morgan fingerprint density at radius 1 is 0.773 bits per heavy atom. The van der Waals surface area contributed by atoms with Crippen LogP contribution in [0.3, 0.4) is 0 Å². The molecule has 0 aliphatic heterocycles. The van der Waals surface area contributed by atoms with Crippen LogP contribution >= 0.6 is 0 Å². The van der Waals surface area contributed by atoms with E-state index in [1.807, 2.05) is 19.1 Å². The average Bonchev–Trinajstić information content (AvgIpc) is 2.50. The van der Waals surface area contributed by atoms with E-state index in [1.165, 1.54) is 24.3 Å². The maximum absolute atomic E-state index is 11.8. The summed E-state index contributed by atoms with van der Waals surface area (Å²) in [4.78, 5) is 34.5. The van der Waals surface area contributed by atoms with Crippen molar-refractivity contribution in [2.24, 2.45) is 5.73 Å². The lowest BCUT2D eigenvalue weighted by molar-refractivity contribution is -0.132. The van der Waals surface area contributed by atoms with E-state index in [1.54, 1.807) is 12.1 Å². The van der Waals surface area contributed by atoms with Crippen LogP contribution in [0.5, 0.6) is 0 Å². The number of aryl methyl sites for hydroxylation is 1. The number of nitrogens with one attached hydrogen (secondary N) is 2. The highest BCUT2D eigenvalue weighted by Crippen LogP contribution is 2.11. The summed E-state index contributed by atoms with van der Waals surface area (Å²) in [6.07, 6.45) is 0. The van der Waals surface area contributed by atoms with Gasteiger partial charge in [-0.15, -0.1) is 0 Å². The maximum Gasteiger partial charge on any atom is 0.314 e. The number of carbonyl (C=O) groups is 3. The number of carbonyl (C=O) groups excluding carboxylic acids is 3. The average molecular weight is 297 g/mol. The van der Waals surface area contributed by atoms with Crippen LogP contribution in [0.25, 0.3) is 0 Å². The molecule has 0 heterocycles. The fourth-order valence-electron chi connectivity index (χ4n) is 1.73. The van der Waals surface area contributed by atoms with E-state index in [0.29, 0.717) is 16.9 Å². The number of rotatable bonds is 3. The smallest absolute Gasteiger partial charge is 0.314 e. The second kappa shape index (κ2) is 6.53. The Kier molecular flexibility index (Phi) is 4.53. The van der Waals surface area contributed by atoms with Gasteiger partial charge in [0, 0.05) is 16.9 Å². The first-order valence-electron chi connectivity index (χ1n) is 6.54. The van der Waals surface area contributed by atoms with Gasteiger partial charge in [0.1, 0.15) is 0 Å². The van der Waals surface area contributed by atoms with Crippen molar-refractivity contribution in [2.75, 3.05) is 10.6 Å². The minimum Gasteiger partial charge on any atom is -0.366 e. The lowest BCUT2D eigenvalue weighted by Gasteiger charge is -2.07. The van der Waals surface area contributed by atoms with Crippen LogP contribution in [0.1, 0.15) is 15.9 Å². The molecule has 4 N–H and O–H groups in total. The second-order valence-corrected chi connectivity index (χ2v) is 4.72. The van der Waals surface area contributed by atoms with Crippen molar-refractivity contribution >= 4 is 29.1 Å². The molecule has 6 nitrogen and oxygen atoms in total. The number of hydrogen-bond donors (Lipinski definition) is 3. The third-order valence-corrected chi connectivity index (χ3v) is 2.94. The van der Waals surface area contributed by atoms with Gasteiger partial charge in [-0.1, -0.05) is 17.7 Å². The lowest BCUT2D eigenvalue weighted by Crippen LogP contribution is -2.29. The van der Waals surface area contributed by atoms with Crippen molar-refractivity contribution in [1.29, 1.82) is 0 Å². The Morgan fingerprint density at radius 3 is 1.59 bits per heavy atom. The molecule has 3 amide bonds. The number of primary amides is 1. The Labute approximate surface area is 127 Å². The highest BCUT2D eigenvalue weighted by Gasteiger charge is 2.14. The zero-order valence-electron chi connectivity index (χ0n) is 11.9. The van der Waals surface area contributed by atoms with Crippen molar-refractivity contribution in [3.05, 3.63) is 59.7 Å². The summed E-state index contributed by atoms with van der Waals surface area (Å²) in [7, 11) is 0. The number of anilines is 2. The molecule has 112 valence electrons. The molecule has 0 spiro atoms. The number of nitrogens with two attached hydrogens (primary N) is 1. The highest BCUT2D eigenvalue weighted by atomic mass is 16.2. The molecular formula is C16H15N3O3. The normalized spacial score (nSPS) is 9.86. The fraction of sp³-hybridized carbons (Fsp3) is 0.0625. The van der Waals surface area contributed by atoms with Crippen LogP contribution in [0.2, 0.25) is 0 Å². The summed E-state index contributed by atoms with van der Waals surface area (Å²) in [6, 6.07) is 13.0. The predicted octanol–water partition coefficient (Wildman–Crippen LogP) is 1.67. The Hall–Kier alpha value is -3.15. The molecule has 0 aliphatic rings. The van der Waals surface area contributed by atoms with Crippen molar-refractivity contribution in [1.82, 2.24) is 0 Å². The van der Waals surface area contributed by atoms with Crippen LogP contribution in [-0.4, -0.2) is 17.7 Å². The molecule has 2 rings (SSSR count). The molecule has 6 heteroatoms. The van der Waals surface area contributed by atoms with Crippen LogP contribution in [-0.2, 0) is 9.59 Å². The first-order valence-corrected chi connectivity index (χ1v) is 6.54. The third-order valence-electron chi connectivity index (χ3n) is 2.94. The van der Waals surface area contributed by atoms with Crippen LogP contribution in [0.15, 0.2) is 48.5 Å². The van der Waals surface area contributed by atoms with E-state index in [4.69, 9.17) is 5.73 Å². The minimum absolute atomic E-state index is 0.321. The van der Waals surface area contributed by atoms with Gasteiger partial charge in [-0.05, 0) is 43.3 Å². The molecule has 2 aromatic carbocycles. The second-order valence-electron chi connectivity index (χ2n) is 4.72. The molecule has 0 bridgehead atoms. The van der Waals surface area contributed by atoms with Gasteiger partial charge >= 0.3 is 11.8 Å². The van der Waals surface area contributed by atoms with Crippen LogP contribution < -0.4 is 16.4 Å². The molecule has 0 unspecified atom stereocenters. The van der Waals surface area contributed by atoms with Gasteiger partial charge < -0.3 is 16.4 Å². The van der Waals surface area contributed by atoms with Crippen molar-refractivity contribution in [3.8, 4) is 0 Å². The molecule has 0 aromatic heterocycles. The Morgan fingerprint density at radius 2 is 1.18 bits per heavy atom. The van der Waals surface area contributed by atoms with Gasteiger partial charge in [0.2, 0.25) is 5.91 Å². The number of hydrogen-bond acceptors (Lipinski definition) is 3. The molecule has 2 aromatic rings. The van der Waals surface area contributed by atoms with E-state index in [9.17, 15) is 14.4 Å². The molecule has 0 saturated heterocycles. The van der Waals surface area contributed by atoms with E-state index in [-0.39, 0.29) is 0 Å². The van der Waals surface area contributed by atoms with E-state index in [2.05, 4.69) is 10.6 Å². The molecule has 0 atom stereocenters. The Bertz CT molecular complexity index is 706. The molecule has 0 fully saturated rings. The van der Waals surface area contributed by atoms with E-state index >= 15 is 0 Å². The lowest BCUT2D eigenvalue weighted by atomic mass is 10.2. The SMILES string of the molecule is Cc1ccc(NC(=O)C(=O)Nc2ccc(C(N)=O)cc2)cc1. The van der Waals surface area contributed by atoms with Gasteiger partial charge in [0.05, 0.1) is 0 Å². The zero-order chi connectivity index (χ0) is 16.1. The number of amides is 3. The van der Waals surface area contributed by atoms with Gasteiger partial charge in [0.15, 0.2) is 0 Å². The van der Waals surface area contributed by atoms with Gasteiger partial charge in [0.25, 0.3) is 0 Å². The van der Waals surface area contributed by atoms with Crippen molar-refractivity contribution < 1.29 is 14.4 Å². The summed E-state index contributed by atoms with van der Waals surface area (Å²) in [5, 5.41) is 4.93. The first kappa shape index (κ1) is 15.2. The first-order chi connectivity index (χ1) is 10.5. The molecule has 0 radical (unpaired) electrons. The summed E-state index contributed by atoms with van der Waals surface area (Å²) < 4.78 is 0. The monoisotopic (exact) mass is 297 g/mol. The van der Waals surface area contributed by atoms with E-state index < -0.39 is 17.7 Å². The minimum atomic E-state index is -0.799. The fourth-order valence-corrected chi connectivity index (χ4v) is 1.73. The van der Waals surface area contributed by atoms with E-state index in [0.717, 1.165) is 5.56 Å². The van der Waals surface area contributed by atoms with Gasteiger partial charge in [-0.3, -0.25) is 14.4 Å². The van der Waals surface area contributed by atoms with Crippen LogP contribution in [0.4, 0.5) is 11.4 Å². The largest absolute Gasteiger partial charge is 0.366 e. The van der Waals surface area contributed by atoms with Crippen molar-refractivity contribution in [3.63, 3.8) is 0 Å². The quantitative estimate of drug-likeness (QED) is 0.751. The third kappa shape index (κ3) is 3.92. The summed E-state index contributed by atoms with van der Waals surface area (Å²) in [5.41, 5.74) is 7.43. The standard InChI is InChI=1S/C16H15N3O3/c1-10-2-6-12(7-3-10)18-15(21)16(22)19-13-8-4-11(5-9-13)14(17)20/h2-9H,1H3,(H2,17,20)(H,18,21)(H,19,22). The zero-order valence-corrected chi connectivity index (χ0v) is 11.9. The number of benzene rings is 2. The van der Waals surface area contributed by atoms with Crippen LogP contribution in [0, 0.1) is 6.92 Å². The molecule has 0 saturated carbocycles. The Balaban J connectivity index is 1.97. The molecule has 22 heavy (non-hydrogen) atoms. The summed E-state index contributed by atoms with van der Waals surface area (Å²) in [5.74, 6) is -2.13. The molecular weight excluding hydrogens is 282 g/mol. The maximum atomic E-state index is 11.8.